The SMILES string of the molecule is COc1ccc2oc(CN3CC4(CCOC4)CCC3=O)nc2c1. The van der Waals surface area contributed by atoms with Crippen molar-refractivity contribution in [3.05, 3.63) is 24.1 Å². The predicted molar refractivity (Wildman–Crippen MR) is 83.1 cm³/mol. The summed E-state index contributed by atoms with van der Waals surface area (Å²) in [5.41, 5.74) is 1.59. The number of likely N-dealkylation sites (tertiary alicyclic amines) is 1. The summed E-state index contributed by atoms with van der Waals surface area (Å²) in [7, 11) is 1.62. The van der Waals surface area contributed by atoms with E-state index in [1.807, 2.05) is 23.1 Å². The van der Waals surface area contributed by atoms with E-state index in [4.69, 9.17) is 13.9 Å². The van der Waals surface area contributed by atoms with Crippen molar-refractivity contribution >= 4 is 17.0 Å². The molecule has 23 heavy (non-hydrogen) atoms. The molecule has 0 saturated carbocycles. The van der Waals surface area contributed by atoms with Crippen molar-refractivity contribution in [1.82, 2.24) is 9.88 Å². The second-order valence-corrected chi connectivity index (χ2v) is 6.49. The molecule has 0 radical (unpaired) electrons. The fourth-order valence-corrected chi connectivity index (χ4v) is 3.53. The van der Waals surface area contributed by atoms with Crippen molar-refractivity contribution in [3.8, 4) is 5.75 Å². The third kappa shape index (κ3) is 2.67. The van der Waals surface area contributed by atoms with E-state index in [1.165, 1.54) is 0 Å². The van der Waals surface area contributed by atoms with Gasteiger partial charge in [0.05, 0.1) is 20.3 Å². The number of ether oxygens (including phenoxy) is 2. The fraction of sp³-hybridized carbons (Fsp3) is 0.529. The predicted octanol–water partition coefficient (Wildman–Crippen LogP) is 2.37. The molecule has 6 nitrogen and oxygen atoms in total. The number of piperidine rings is 1. The Morgan fingerprint density at radius 1 is 1.39 bits per heavy atom. The van der Waals surface area contributed by atoms with E-state index in [0.29, 0.717) is 24.4 Å². The molecular formula is C17H20N2O4. The maximum Gasteiger partial charge on any atom is 0.223 e. The van der Waals surface area contributed by atoms with Crippen molar-refractivity contribution in [3.63, 3.8) is 0 Å². The zero-order valence-corrected chi connectivity index (χ0v) is 13.2. The third-order valence-corrected chi connectivity index (χ3v) is 4.90. The lowest BCUT2D eigenvalue weighted by Gasteiger charge is -2.38. The van der Waals surface area contributed by atoms with Crippen molar-refractivity contribution in [2.75, 3.05) is 26.9 Å². The Labute approximate surface area is 134 Å². The Morgan fingerprint density at radius 2 is 2.30 bits per heavy atom. The minimum atomic E-state index is 0.128. The second kappa shape index (κ2) is 5.53. The summed E-state index contributed by atoms with van der Waals surface area (Å²) in [4.78, 5) is 18.6. The number of amides is 1. The zero-order chi connectivity index (χ0) is 15.9. The highest BCUT2D eigenvalue weighted by Gasteiger charge is 2.41. The first-order valence-corrected chi connectivity index (χ1v) is 7.96. The Kier molecular flexibility index (Phi) is 3.49. The van der Waals surface area contributed by atoms with E-state index in [0.717, 1.165) is 43.9 Å². The molecule has 122 valence electrons. The largest absolute Gasteiger partial charge is 0.497 e. The molecule has 1 amide bonds. The molecule has 2 saturated heterocycles. The van der Waals surface area contributed by atoms with Crippen LogP contribution in [-0.4, -0.2) is 42.7 Å². The van der Waals surface area contributed by atoms with Crippen molar-refractivity contribution in [2.45, 2.75) is 25.8 Å². The quantitative estimate of drug-likeness (QED) is 0.870. The number of carbonyl (C=O) groups excluding carboxylic acids is 1. The Bertz CT molecular complexity index is 733. The maximum absolute atomic E-state index is 12.2. The molecule has 3 heterocycles. The average Bonchev–Trinajstić information content (AvgIpc) is 3.17. The van der Waals surface area contributed by atoms with E-state index in [9.17, 15) is 4.79 Å². The van der Waals surface area contributed by atoms with E-state index >= 15 is 0 Å². The molecule has 2 aliphatic rings. The molecule has 1 aromatic carbocycles. The van der Waals surface area contributed by atoms with Gasteiger partial charge in [0.1, 0.15) is 11.3 Å². The highest BCUT2D eigenvalue weighted by atomic mass is 16.5. The number of rotatable bonds is 3. The molecule has 1 spiro atoms. The average molecular weight is 316 g/mol. The monoisotopic (exact) mass is 316 g/mol. The summed E-state index contributed by atoms with van der Waals surface area (Å²) in [6, 6.07) is 5.52. The molecule has 0 aliphatic carbocycles. The van der Waals surface area contributed by atoms with E-state index in [-0.39, 0.29) is 11.3 Å². The first-order valence-electron chi connectivity index (χ1n) is 7.96. The van der Waals surface area contributed by atoms with Crippen LogP contribution in [0.1, 0.15) is 25.2 Å². The van der Waals surface area contributed by atoms with Gasteiger partial charge < -0.3 is 18.8 Å². The highest BCUT2D eigenvalue weighted by molar-refractivity contribution is 5.77. The van der Waals surface area contributed by atoms with Crippen LogP contribution in [0.15, 0.2) is 22.6 Å². The lowest BCUT2D eigenvalue weighted by Crippen LogP contribution is -2.46. The Balaban J connectivity index is 1.55. The van der Waals surface area contributed by atoms with Crippen LogP contribution in [0.2, 0.25) is 0 Å². The molecule has 1 unspecified atom stereocenters. The number of fused-ring (bicyclic) bond motifs is 1. The van der Waals surface area contributed by atoms with Gasteiger partial charge in [-0.1, -0.05) is 0 Å². The van der Waals surface area contributed by atoms with Crippen molar-refractivity contribution in [1.29, 1.82) is 0 Å². The number of oxazole rings is 1. The van der Waals surface area contributed by atoms with Gasteiger partial charge in [0.25, 0.3) is 0 Å². The number of carbonyl (C=O) groups is 1. The summed E-state index contributed by atoms with van der Waals surface area (Å²) in [6.07, 6.45) is 2.53. The summed E-state index contributed by atoms with van der Waals surface area (Å²) in [6.45, 7) is 2.69. The first-order chi connectivity index (χ1) is 11.2. The van der Waals surface area contributed by atoms with Gasteiger partial charge in [-0.2, -0.15) is 0 Å². The summed E-state index contributed by atoms with van der Waals surface area (Å²) < 4.78 is 16.5. The minimum absolute atomic E-state index is 0.128. The molecule has 0 N–H and O–H groups in total. The van der Waals surface area contributed by atoms with Crippen LogP contribution in [0, 0.1) is 5.41 Å². The number of benzene rings is 1. The highest BCUT2D eigenvalue weighted by Crippen LogP contribution is 2.38. The van der Waals surface area contributed by atoms with E-state index in [2.05, 4.69) is 4.98 Å². The molecule has 2 fully saturated rings. The molecule has 6 heteroatoms. The molecule has 4 rings (SSSR count). The number of hydrogen-bond acceptors (Lipinski definition) is 5. The van der Waals surface area contributed by atoms with Crippen molar-refractivity contribution in [2.24, 2.45) is 5.41 Å². The number of nitrogens with zero attached hydrogens (tertiary/aromatic N) is 2. The normalized spacial score (nSPS) is 24.7. The van der Waals surface area contributed by atoms with Crippen LogP contribution in [0.5, 0.6) is 5.75 Å². The first kappa shape index (κ1) is 14.5. The van der Waals surface area contributed by atoms with Crippen LogP contribution in [0.4, 0.5) is 0 Å². The van der Waals surface area contributed by atoms with Gasteiger partial charge in [-0.05, 0) is 25.0 Å². The van der Waals surface area contributed by atoms with Crippen LogP contribution in [0.3, 0.4) is 0 Å². The zero-order valence-electron chi connectivity index (χ0n) is 13.2. The Morgan fingerprint density at radius 3 is 3.09 bits per heavy atom. The maximum atomic E-state index is 12.2. The van der Waals surface area contributed by atoms with E-state index < -0.39 is 0 Å². The van der Waals surface area contributed by atoms with Gasteiger partial charge in [0.15, 0.2) is 5.58 Å². The standard InChI is InChI=1S/C17H20N2O4/c1-21-12-2-3-14-13(8-12)18-15(23-14)9-19-10-17(5-4-16(19)20)6-7-22-11-17/h2-3,8H,4-7,9-11H2,1H3. The van der Waals surface area contributed by atoms with Crippen LogP contribution in [-0.2, 0) is 16.1 Å². The number of hydrogen-bond donors (Lipinski definition) is 0. The molecule has 1 atom stereocenters. The topological polar surface area (TPSA) is 64.8 Å². The van der Waals surface area contributed by atoms with E-state index in [1.54, 1.807) is 7.11 Å². The summed E-state index contributed by atoms with van der Waals surface area (Å²) in [5, 5.41) is 0. The third-order valence-electron chi connectivity index (χ3n) is 4.90. The van der Waals surface area contributed by atoms with Gasteiger partial charge in [-0.25, -0.2) is 4.98 Å². The van der Waals surface area contributed by atoms with Gasteiger partial charge in [-0.3, -0.25) is 4.79 Å². The molecular weight excluding hydrogens is 296 g/mol. The van der Waals surface area contributed by atoms with Gasteiger partial charge in [0, 0.05) is 31.1 Å². The number of aromatic nitrogens is 1. The van der Waals surface area contributed by atoms with Crippen LogP contribution in [0.25, 0.3) is 11.1 Å². The van der Waals surface area contributed by atoms with Gasteiger partial charge in [0.2, 0.25) is 11.8 Å². The summed E-state index contributed by atoms with van der Waals surface area (Å²) >= 11 is 0. The van der Waals surface area contributed by atoms with Crippen LogP contribution >= 0.6 is 0 Å². The molecule has 2 aliphatic heterocycles. The number of methoxy groups -OCH3 is 1. The minimum Gasteiger partial charge on any atom is -0.497 e. The van der Waals surface area contributed by atoms with Gasteiger partial charge >= 0.3 is 0 Å². The van der Waals surface area contributed by atoms with Crippen molar-refractivity contribution < 1.29 is 18.7 Å². The molecule has 2 aromatic rings. The lowest BCUT2D eigenvalue weighted by atomic mass is 9.79. The van der Waals surface area contributed by atoms with Crippen LogP contribution < -0.4 is 4.74 Å². The summed E-state index contributed by atoms with van der Waals surface area (Å²) in [5.74, 6) is 1.48. The van der Waals surface area contributed by atoms with Gasteiger partial charge in [-0.15, -0.1) is 0 Å². The molecule has 0 bridgehead atoms. The Hall–Kier alpha value is -2.08. The second-order valence-electron chi connectivity index (χ2n) is 6.49. The molecule has 1 aromatic heterocycles. The lowest BCUT2D eigenvalue weighted by molar-refractivity contribution is -0.138. The smallest absolute Gasteiger partial charge is 0.223 e. The fourth-order valence-electron chi connectivity index (χ4n) is 3.53.